The molecule has 0 bridgehead atoms. The van der Waals surface area contributed by atoms with E-state index in [1.165, 1.54) is 0 Å². The van der Waals surface area contributed by atoms with Crippen LogP contribution >= 0.6 is 0 Å². The standard InChI is InChI=1S/C15H14F3N/c1-10-3-2-4-12(5-10)13-6-11(9-19)7-14(8-13)15(16,17)18/h2-8H,9,19H2,1H3. The van der Waals surface area contributed by atoms with Crippen LogP contribution in [0.2, 0.25) is 0 Å². The topological polar surface area (TPSA) is 26.0 Å². The fourth-order valence-electron chi connectivity index (χ4n) is 1.96. The molecule has 0 radical (unpaired) electrons. The maximum absolute atomic E-state index is 12.8. The van der Waals surface area contributed by atoms with Crippen molar-refractivity contribution in [1.82, 2.24) is 0 Å². The number of hydrogen-bond donors (Lipinski definition) is 1. The minimum atomic E-state index is -4.36. The molecule has 0 aliphatic carbocycles. The molecular weight excluding hydrogens is 251 g/mol. The second kappa shape index (κ2) is 5.05. The molecule has 0 atom stereocenters. The lowest BCUT2D eigenvalue weighted by atomic mass is 9.98. The van der Waals surface area contributed by atoms with Crippen LogP contribution in [0.15, 0.2) is 42.5 Å². The fraction of sp³-hybridized carbons (Fsp3) is 0.200. The van der Waals surface area contributed by atoms with Gasteiger partial charge in [0.25, 0.3) is 0 Å². The Labute approximate surface area is 109 Å². The van der Waals surface area contributed by atoms with Crippen LogP contribution in [-0.4, -0.2) is 0 Å². The van der Waals surface area contributed by atoms with E-state index in [4.69, 9.17) is 5.73 Å². The third-order valence-electron chi connectivity index (χ3n) is 2.91. The summed E-state index contributed by atoms with van der Waals surface area (Å²) in [5.41, 5.74) is 7.60. The van der Waals surface area contributed by atoms with Crippen LogP contribution in [0.3, 0.4) is 0 Å². The monoisotopic (exact) mass is 265 g/mol. The number of alkyl halides is 3. The van der Waals surface area contributed by atoms with Crippen LogP contribution in [0.1, 0.15) is 16.7 Å². The van der Waals surface area contributed by atoms with Gasteiger partial charge in [0.05, 0.1) is 5.56 Å². The van der Waals surface area contributed by atoms with Crippen molar-refractivity contribution in [3.63, 3.8) is 0 Å². The van der Waals surface area contributed by atoms with E-state index >= 15 is 0 Å². The smallest absolute Gasteiger partial charge is 0.326 e. The van der Waals surface area contributed by atoms with Crippen molar-refractivity contribution >= 4 is 0 Å². The van der Waals surface area contributed by atoms with Gasteiger partial charge in [-0.15, -0.1) is 0 Å². The van der Waals surface area contributed by atoms with Gasteiger partial charge in [-0.25, -0.2) is 0 Å². The highest BCUT2D eigenvalue weighted by atomic mass is 19.4. The molecule has 0 aliphatic heterocycles. The Morgan fingerprint density at radius 2 is 1.74 bits per heavy atom. The first kappa shape index (κ1) is 13.6. The molecular formula is C15H14F3N. The SMILES string of the molecule is Cc1cccc(-c2cc(CN)cc(C(F)(F)F)c2)c1. The minimum absolute atomic E-state index is 0.0860. The largest absolute Gasteiger partial charge is 0.416 e. The molecule has 19 heavy (non-hydrogen) atoms. The van der Waals surface area contributed by atoms with E-state index in [2.05, 4.69) is 0 Å². The predicted octanol–water partition coefficient (Wildman–Crippen LogP) is 4.14. The molecule has 4 heteroatoms. The molecule has 100 valence electrons. The highest BCUT2D eigenvalue weighted by Crippen LogP contribution is 2.33. The van der Waals surface area contributed by atoms with Gasteiger partial charge in [0.15, 0.2) is 0 Å². The Morgan fingerprint density at radius 3 is 2.32 bits per heavy atom. The Morgan fingerprint density at radius 1 is 1.00 bits per heavy atom. The summed E-state index contributed by atoms with van der Waals surface area (Å²) in [6.07, 6.45) is -4.36. The van der Waals surface area contributed by atoms with Crippen LogP contribution in [0.5, 0.6) is 0 Å². The molecule has 0 heterocycles. The Bertz CT molecular complexity index is 588. The lowest BCUT2D eigenvalue weighted by Crippen LogP contribution is -2.07. The van der Waals surface area contributed by atoms with Crippen molar-refractivity contribution in [3.8, 4) is 11.1 Å². The first-order valence-electron chi connectivity index (χ1n) is 5.88. The van der Waals surface area contributed by atoms with Crippen LogP contribution in [-0.2, 0) is 12.7 Å². The zero-order chi connectivity index (χ0) is 14.0. The molecule has 0 saturated carbocycles. The molecule has 2 aromatic carbocycles. The Hall–Kier alpha value is -1.81. The summed E-state index contributed by atoms with van der Waals surface area (Å²) in [4.78, 5) is 0. The quantitative estimate of drug-likeness (QED) is 0.867. The predicted molar refractivity (Wildman–Crippen MR) is 69.5 cm³/mol. The molecule has 0 aliphatic rings. The zero-order valence-electron chi connectivity index (χ0n) is 10.5. The third kappa shape index (κ3) is 3.15. The van der Waals surface area contributed by atoms with Crippen molar-refractivity contribution in [2.75, 3.05) is 0 Å². The number of nitrogens with two attached hydrogens (primary N) is 1. The van der Waals surface area contributed by atoms with Gasteiger partial charge in [0, 0.05) is 6.54 Å². The number of halogens is 3. The van der Waals surface area contributed by atoms with E-state index in [9.17, 15) is 13.2 Å². The van der Waals surface area contributed by atoms with Gasteiger partial charge < -0.3 is 5.73 Å². The summed E-state index contributed by atoms with van der Waals surface area (Å²) < 4.78 is 38.5. The molecule has 0 aromatic heterocycles. The van der Waals surface area contributed by atoms with Crippen LogP contribution < -0.4 is 5.73 Å². The van der Waals surface area contributed by atoms with E-state index in [1.807, 2.05) is 25.1 Å². The maximum atomic E-state index is 12.8. The van der Waals surface area contributed by atoms with Gasteiger partial charge in [0.2, 0.25) is 0 Å². The average molecular weight is 265 g/mol. The molecule has 2 N–H and O–H groups in total. The van der Waals surface area contributed by atoms with Crippen molar-refractivity contribution in [2.24, 2.45) is 5.73 Å². The molecule has 2 rings (SSSR count). The van der Waals surface area contributed by atoms with E-state index in [0.29, 0.717) is 11.1 Å². The van der Waals surface area contributed by atoms with E-state index < -0.39 is 11.7 Å². The molecule has 0 amide bonds. The third-order valence-corrected chi connectivity index (χ3v) is 2.91. The second-order valence-electron chi connectivity index (χ2n) is 4.49. The minimum Gasteiger partial charge on any atom is -0.326 e. The summed E-state index contributed by atoms with van der Waals surface area (Å²) in [5.74, 6) is 0. The van der Waals surface area contributed by atoms with Gasteiger partial charge in [-0.2, -0.15) is 13.2 Å². The van der Waals surface area contributed by atoms with Gasteiger partial charge in [-0.3, -0.25) is 0 Å². The number of benzene rings is 2. The highest BCUT2D eigenvalue weighted by molar-refractivity contribution is 5.66. The summed E-state index contributed by atoms with van der Waals surface area (Å²) in [5, 5.41) is 0. The average Bonchev–Trinajstić information content (AvgIpc) is 2.37. The lowest BCUT2D eigenvalue weighted by molar-refractivity contribution is -0.137. The van der Waals surface area contributed by atoms with Crippen LogP contribution in [0.25, 0.3) is 11.1 Å². The number of aryl methyl sites for hydroxylation is 1. The van der Waals surface area contributed by atoms with Gasteiger partial charge in [0.1, 0.15) is 0 Å². The van der Waals surface area contributed by atoms with Crippen LogP contribution in [0, 0.1) is 6.92 Å². The van der Waals surface area contributed by atoms with Crippen molar-refractivity contribution < 1.29 is 13.2 Å². The van der Waals surface area contributed by atoms with Crippen molar-refractivity contribution in [2.45, 2.75) is 19.6 Å². The first-order chi connectivity index (χ1) is 8.90. The first-order valence-corrected chi connectivity index (χ1v) is 5.88. The molecule has 0 fully saturated rings. The van der Waals surface area contributed by atoms with E-state index in [-0.39, 0.29) is 6.54 Å². The summed E-state index contributed by atoms with van der Waals surface area (Å²) in [6, 6.07) is 11.3. The van der Waals surface area contributed by atoms with E-state index in [1.54, 1.807) is 12.1 Å². The molecule has 1 nitrogen and oxygen atoms in total. The van der Waals surface area contributed by atoms with Crippen molar-refractivity contribution in [1.29, 1.82) is 0 Å². The Balaban J connectivity index is 2.57. The molecule has 0 saturated heterocycles. The van der Waals surface area contributed by atoms with Gasteiger partial charge in [-0.05, 0) is 41.8 Å². The molecule has 0 spiro atoms. The zero-order valence-corrected chi connectivity index (χ0v) is 10.5. The number of hydrogen-bond acceptors (Lipinski definition) is 1. The maximum Gasteiger partial charge on any atom is 0.416 e. The van der Waals surface area contributed by atoms with Gasteiger partial charge >= 0.3 is 6.18 Å². The molecule has 0 unspecified atom stereocenters. The Kier molecular flexibility index (Phi) is 3.62. The highest BCUT2D eigenvalue weighted by Gasteiger charge is 2.31. The summed E-state index contributed by atoms with van der Waals surface area (Å²) in [6.45, 7) is 1.99. The lowest BCUT2D eigenvalue weighted by Gasteiger charge is -2.12. The van der Waals surface area contributed by atoms with Crippen LogP contribution in [0.4, 0.5) is 13.2 Å². The summed E-state index contributed by atoms with van der Waals surface area (Å²) in [7, 11) is 0. The molecule has 2 aromatic rings. The van der Waals surface area contributed by atoms with E-state index in [0.717, 1.165) is 23.3 Å². The van der Waals surface area contributed by atoms with Gasteiger partial charge in [-0.1, -0.05) is 29.8 Å². The fourth-order valence-corrected chi connectivity index (χ4v) is 1.96. The van der Waals surface area contributed by atoms with Crippen molar-refractivity contribution in [3.05, 3.63) is 59.2 Å². The normalized spacial score (nSPS) is 11.6. The summed E-state index contributed by atoms with van der Waals surface area (Å²) >= 11 is 0. The number of rotatable bonds is 2. The second-order valence-corrected chi connectivity index (χ2v) is 4.49.